The van der Waals surface area contributed by atoms with Crippen LogP contribution in [-0.2, 0) is 14.3 Å². The van der Waals surface area contributed by atoms with Crippen molar-refractivity contribution < 1.29 is 38.3 Å². The molecule has 4 aromatic rings. The van der Waals surface area contributed by atoms with Gasteiger partial charge in [-0.25, -0.2) is 9.59 Å². The Morgan fingerprint density at radius 3 is 2.30 bits per heavy atom. The topological polar surface area (TPSA) is 205 Å². The summed E-state index contributed by atoms with van der Waals surface area (Å²) >= 11 is 5.54. The number of fused-ring (bicyclic) bond motifs is 2. The van der Waals surface area contributed by atoms with E-state index in [0.717, 1.165) is 24.8 Å². The van der Waals surface area contributed by atoms with Crippen molar-refractivity contribution in [1.82, 2.24) is 21.1 Å². The zero-order valence-corrected chi connectivity index (χ0v) is 36.0. The minimum absolute atomic E-state index is 0.00115. The van der Waals surface area contributed by atoms with Gasteiger partial charge in [0.05, 0.1) is 23.7 Å². The van der Waals surface area contributed by atoms with Gasteiger partial charge in [0.1, 0.15) is 28.5 Å². The van der Waals surface area contributed by atoms with Gasteiger partial charge in [0.15, 0.2) is 10.5 Å². The summed E-state index contributed by atoms with van der Waals surface area (Å²) in [6, 6.07) is 23.3. The third kappa shape index (κ3) is 9.48. The highest BCUT2D eigenvalue weighted by Crippen LogP contribution is 2.45. The first-order valence-electron chi connectivity index (χ1n) is 20.6. The van der Waals surface area contributed by atoms with Gasteiger partial charge in [-0.2, -0.15) is 0 Å². The van der Waals surface area contributed by atoms with E-state index in [1.165, 1.54) is 30.3 Å². The van der Waals surface area contributed by atoms with Crippen LogP contribution in [0.1, 0.15) is 74.1 Å². The van der Waals surface area contributed by atoms with E-state index in [4.69, 9.17) is 25.9 Å². The number of dihydropyridines is 1. The number of thiocarbonyl (C=S) groups is 1. The summed E-state index contributed by atoms with van der Waals surface area (Å²) in [6.07, 6.45) is 3.17. The number of aromatic hydroxyl groups is 1. The third-order valence-corrected chi connectivity index (χ3v) is 11.1. The number of allylic oxidation sites excluding steroid dienone is 2. The molecule has 324 valence electrons. The zero-order chi connectivity index (χ0) is 44.8. The van der Waals surface area contributed by atoms with Crippen LogP contribution < -0.4 is 26.7 Å². The number of benzene rings is 4. The van der Waals surface area contributed by atoms with E-state index in [2.05, 4.69) is 26.4 Å². The summed E-state index contributed by atoms with van der Waals surface area (Å²) in [6.45, 7) is 8.26. The summed E-state index contributed by atoms with van der Waals surface area (Å²) in [4.78, 5) is 52.3. The molecule has 3 aliphatic rings. The number of phenols is 1. The van der Waals surface area contributed by atoms with Crippen LogP contribution in [0, 0.1) is 6.92 Å². The Kier molecular flexibility index (Phi) is 13.4. The van der Waals surface area contributed by atoms with Gasteiger partial charge in [0, 0.05) is 75.5 Å². The number of hydrogen-bond donors (Lipinski definition) is 6. The van der Waals surface area contributed by atoms with Crippen molar-refractivity contribution in [2.24, 2.45) is 0 Å². The number of aromatic carboxylic acids is 1. The molecule has 15 heteroatoms. The fraction of sp³-hybridized carbons (Fsp3) is 0.250. The Morgan fingerprint density at radius 1 is 0.857 bits per heavy atom. The monoisotopic (exact) mass is 869 g/mol. The molecule has 0 saturated carbocycles. The average Bonchev–Trinajstić information content (AvgIpc) is 3.64. The molecule has 1 unspecified atom stereocenters. The van der Waals surface area contributed by atoms with Gasteiger partial charge < -0.3 is 45.2 Å². The fourth-order valence-corrected chi connectivity index (χ4v) is 8.25. The number of aromatic nitrogens is 1. The zero-order valence-electron chi connectivity index (χ0n) is 35.2. The van der Waals surface area contributed by atoms with Crippen LogP contribution in [0.25, 0.3) is 44.7 Å². The van der Waals surface area contributed by atoms with Crippen molar-refractivity contribution in [2.45, 2.75) is 59.3 Å². The molecule has 1 atom stereocenters. The predicted octanol–water partition coefficient (Wildman–Crippen LogP) is 8.39. The molecule has 0 bridgehead atoms. The number of anilines is 1. The molecule has 0 saturated heterocycles. The minimum atomic E-state index is -1.16. The van der Waals surface area contributed by atoms with Crippen molar-refractivity contribution in [3.05, 3.63) is 135 Å². The van der Waals surface area contributed by atoms with Crippen LogP contribution >= 0.6 is 12.2 Å². The number of carbonyl (C=O) groups is 3. The second-order valence-electron chi connectivity index (χ2n) is 15.2. The number of ether oxygens (including phenoxy) is 1. The molecule has 1 aliphatic carbocycles. The predicted molar refractivity (Wildman–Crippen MR) is 243 cm³/mol. The first-order chi connectivity index (χ1) is 30.4. The molecule has 7 rings (SSSR count). The van der Waals surface area contributed by atoms with Crippen molar-refractivity contribution in [1.29, 1.82) is 0 Å². The molecule has 6 N–H and O–H groups in total. The molecule has 0 fully saturated rings. The number of unbranched alkanes of at least 4 members (excludes halogenated alkanes) is 3. The quantitative estimate of drug-likeness (QED) is 0.0248. The number of hydrogen-bond acceptors (Lipinski definition) is 11. The fourth-order valence-electron chi connectivity index (χ4n) is 8.03. The lowest BCUT2D eigenvalue weighted by atomic mass is 9.78. The minimum Gasteiger partial charge on any atom is -0.508 e. The Hall–Kier alpha value is -7.26. The number of carboxylic acids is 1. The van der Waals surface area contributed by atoms with Gasteiger partial charge in [-0.3, -0.25) is 9.59 Å². The van der Waals surface area contributed by atoms with Crippen LogP contribution in [0.4, 0.5) is 5.69 Å². The number of aryl methyl sites for hydroxylation is 1. The summed E-state index contributed by atoms with van der Waals surface area (Å²) in [7, 11) is 0. The molecular formula is C48H47N5O9S. The molecule has 14 nitrogen and oxygen atoms in total. The van der Waals surface area contributed by atoms with Gasteiger partial charge in [0.25, 0.3) is 0 Å². The van der Waals surface area contributed by atoms with E-state index in [1.54, 1.807) is 45.0 Å². The van der Waals surface area contributed by atoms with Crippen LogP contribution in [0.5, 0.6) is 5.75 Å². The Balaban J connectivity index is 0.944. The Morgan fingerprint density at radius 2 is 1.57 bits per heavy atom. The molecule has 3 aromatic carbocycles. The van der Waals surface area contributed by atoms with E-state index < -0.39 is 17.9 Å². The van der Waals surface area contributed by atoms with Gasteiger partial charge in [0.2, 0.25) is 5.91 Å². The van der Waals surface area contributed by atoms with Gasteiger partial charge in [-0.1, -0.05) is 54.4 Å². The van der Waals surface area contributed by atoms with E-state index in [-0.39, 0.29) is 35.0 Å². The molecule has 0 radical (unpaired) electrons. The number of esters is 1. The highest BCUT2D eigenvalue weighted by molar-refractivity contribution is 7.80. The summed E-state index contributed by atoms with van der Waals surface area (Å²) in [5.41, 5.74) is 5.88. The number of carbonyl (C=O) groups excluding carboxylic acids is 2. The average molecular weight is 870 g/mol. The number of carboxylic acid groups (broad SMARTS) is 1. The van der Waals surface area contributed by atoms with Crippen LogP contribution in [0.2, 0.25) is 0 Å². The lowest BCUT2D eigenvalue weighted by Gasteiger charge is -2.31. The van der Waals surface area contributed by atoms with Crippen molar-refractivity contribution in [2.75, 3.05) is 25.0 Å². The molecule has 3 heterocycles. The normalized spacial score (nSPS) is 13.8. The maximum absolute atomic E-state index is 14.0. The highest BCUT2D eigenvalue weighted by atomic mass is 32.1. The maximum Gasteiger partial charge on any atom is 0.336 e. The van der Waals surface area contributed by atoms with Gasteiger partial charge >= 0.3 is 11.9 Å². The summed E-state index contributed by atoms with van der Waals surface area (Å²) in [5, 5.41) is 38.2. The largest absolute Gasteiger partial charge is 0.508 e. The molecule has 0 spiro atoms. The number of amides is 1. The molecule has 1 amide bonds. The molecule has 2 aliphatic heterocycles. The van der Waals surface area contributed by atoms with Crippen molar-refractivity contribution in [3.8, 4) is 39.5 Å². The van der Waals surface area contributed by atoms with Gasteiger partial charge in [-0.15, -0.1) is 0 Å². The standard InChI is InChI=1S/C48H47N5O9S/c1-5-60-47(59)40-27(3)51-26(2)39(43(40)41-28(4)62-53-44(41)29-13-9-8-10-14-29)45(56)49-21-11-6-7-12-22-50-48(63)52-30-15-18-33(36(23-30)46(57)58)42-34-19-16-31(54)24-37(34)61-38-25-32(55)17-20-35(38)42/h8-10,13-20,23-25,43,51,54H,5-7,11-12,21-22H2,1-4H3,(H,49,56)(H,57,58)(H2,50,52,63). The first-order valence-corrected chi connectivity index (χ1v) is 21.0. The van der Waals surface area contributed by atoms with Crippen LogP contribution in [0.3, 0.4) is 0 Å². The Labute approximate surface area is 368 Å². The molecular weight excluding hydrogens is 823 g/mol. The SMILES string of the molecule is CCOC(=O)C1=C(C)NC(C)=C(C(=O)NCCCCCCNC(=S)Nc2ccc(-c3c4ccc(=O)cc-4oc4cc(O)ccc34)c(C(=O)O)c2)C1c1c(-c2ccccc2)noc1C. The second kappa shape index (κ2) is 19.2. The highest BCUT2D eigenvalue weighted by Gasteiger charge is 2.41. The van der Waals surface area contributed by atoms with Crippen LogP contribution in [0.15, 0.2) is 121 Å². The smallest absolute Gasteiger partial charge is 0.336 e. The number of phenolic OH excluding ortho intramolecular Hbond substituents is 1. The van der Waals surface area contributed by atoms with E-state index in [1.807, 2.05) is 37.3 Å². The second-order valence-corrected chi connectivity index (χ2v) is 15.6. The third-order valence-electron chi connectivity index (χ3n) is 10.9. The number of nitrogens with one attached hydrogen (secondary N) is 4. The lowest BCUT2D eigenvalue weighted by molar-refractivity contribution is -0.138. The lowest BCUT2D eigenvalue weighted by Crippen LogP contribution is -2.37. The maximum atomic E-state index is 14.0. The Bertz CT molecular complexity index is 2830. The number of nitrogens with zero attached hydrogens (tertiary/aromatic N) is 1. The first kappa shape index (κ1) is 43.8. The van der Waals surface area contributed by atoms with E-state index in [0.29, 0.717) is 97.5 Å². The van der Waals surface area contributed by atoms with Gasteiger partial charge in [-0.05, 0) is 94.7 Å². The van der Waals surface area contributed by atoms with E-state index in [9.17, 15) is 29.4 Å². The van der Waals surface area contributed by atoms with Crippen LogP contribution in [-0.4, -0.2) is 58.0 Å². The number of rotatable bonds is 15. The summed E-state index contributed by atoms with van der Waals surface area (Å²) in [5.74, 6) is -2.06. The van der Waals surface area contributed by atoms with E-state index >= 15 is 0 Å². The summed E-state index contributed by atoms with van der Waals surface area (Å²) < 4.78 is 17.1. The molecule has 1 aromatic heterocycles. The molecule has 63 heavy (non-hydrogen) atoms. The van der Waals surface area contributed by atoms with Crippen molar-refractivity contribution >= 4 is 51.8 Å². The van der Waals surface area contributed by atoms with Crippen molar-refractivity contribution in [3.63, 3.8) is 0 Å².